The van der Waals surface area contributed by atoms with E-state index >= 15 is 4.39 Å². The summed E-state index contributed by atoms with van der Waals surface area (Å²) in [6.07, 6.45) is -1.11. The van der Waals surface area contributed by atoms with Gasteiger partial charge >= 0.3 is 5.97 Å². The minimum Gasteiger partial charge on any atom is -0.506 e. The van der Waals surface area contributed by atoms with Crippen LogP contribution in [0.1, 0.15) is 43.6 Å². The number of pyridine rings is 1. The molecule has 0 bridgehead atoms. The Labute approximate surface area is 293 Å². The van der Waals surface area contributed by atoms with Gasteiger partial charge in [0.2, 0.25) is 11.2 Å². The number of carbonyl (C=O) groups excluding carboxylic acids is 1. The number of fused-ring (bicyclic) bond motifs is 1. The van der Waals surface area contributed by atoms with Crippen LogP contribution in [-0.2, 0) is 23.5 Å². The van der Waals surface area contributed by atoms with Crippen molar-refractivity contribution < 1.29 is 38.8 Å². The van der Waals surface area contributed by atoms with Gasteiger partial charge in [0, 0.05) is 45.4 Å². The molecule has 6 aromatic rings. The van der Waals surface area contributed by atoms with E-state index in [-0.39, 0.29) is 47.6 Å². The van der Waals surface area contributed by atoms with E-state index in [9.17, 15) is 39.2 Å². The standard InChI is InChI=1S/C38H31F2N3O7S/c39-29-17-28(30(40)16-22(29)18-41-20-32(45)26-10-12-31(44)35-27(26)11-14-34(46)43-35)36(47)42-19-25-9-13-33(51-25)21-5-4-8-24(15-21)38(50,37(48)49)23-6-2-1-3-7-23/h1-17,32,41,44-45,50H,18-20H2,(H,42,47)(H,43,46)(H,48,49)/t32-,38-/m0/s1. The van der Waals surface area contributed by atoms with Gasteiger partial charge in [-0.05, 0) is 59.2 Å². The molecular formula is C38H31F2N3O7S. The van der Waals surface area contributed by atoms with Gasteiger partial charge in [0.05, 0.1) is 23.7 Å². The molecule has 0 aliphatic heterocycles. The van der Waals surface area contributed by atoms with Crippen molar-refractivity contribution in [3.63, 3.8) is 0 Å². The molecule has 2 atom stereocenters. The lowest BCUT2D eigenvalue weighted by Gasteiger charge is -2.25. The number of rotatable bonds is 12. The SMILES string of the molecule is O=C(NCc1ccc(-c2cccc([C@](O)(C(=O)O)c3ccccc3)c2)s1)c1cc(F)c(CNC[C@H](O)c2ccc(O)c3[nH]c(=O)ccc23)cc1F. The quantitative estimate of drug-likeness (QED) is 0.0895. The first-order valence-electron chi connectivity index (χ1n) is 15.7. The normalized spacial score (nSPS) is 13.1. The summed E-state index contributed by atoms with van der Waals surface area (Å²) in [5.41, 5.74) is -1.66. The van der Waals surface area contributed by atoms with Gasteiger partial charge in [-0.3, -0.25) is 9.59 Å². The van der Waals surface area contributed by atoms with E-state index in [1.54, 1.807) is 48.5 Å². The highest BCUT2D eigenvalue weighted by atomic mass is 32.1. The third kappa shape index (κ3) is 7.28. The van der Waals surface area contributed by atoms with E-state index in [0.717, 1.165) is 17.0 Å². The number of aromatic nitrogens is 1. The first kappa shape index (κ1) is 35.1. The smallest absolute Gasteiger partial charge is 0.345 e. The molecule has 10 nitrogen and oxygen atoms in total. The largest absolute Gasteiger partial charge is 0.506 e. The van der Waals surface area contributed by atoms with E-state index in [1.807, 2.05) is 0 Å². The van der Waals surface area contributed by atoms with Gasteiger partial charge in [0.1, 0.15) is 17.4 Å². The molecule has 6 rings (SSSR count). The summed E-state index contributed by atoms with van der Waals surface area (Å²) >= 11 is 1.30. The van der Waals surface area contributed by atoms with Crippen LogP contribution >= 0.6 is 11.3 Å². The van der Waals surface area contributed by atoms with E-state index in [0.29, 0.717) is 21.4 Å². The number of aliphatic hydroxyl groups excluding tert-OH is 1. The molecule has 1 amide bonds. The van der Waals surface area contributed by atoms with Crippen LogP contribution in [0.3, 0.4) is 0 Å². The lowest BCUT2D eigenvalue weighted by atomic mass is 9.85. The van der Waals surface area contributed by atoms with E-state index in [1.165, 1.54) is 53.8 Å². The molecule has 0 saturated carbocycles. The number of hydrogen-bond donors (Lipinski definition) is 7. The van der Waals surface area contributed by atoms with E-state index in [4.69, 9.17) is 0 Å². The van der Waals surface area contributed by atoms with Crippen LogP contribution in [0, 0.1) is 11.6 Å². The number of benzene rings is 4. The fourth-order valence-corrected chi connectivity index (χ4v) is 6.73. The first-order chi connectivity index (χ1) is 24.4. The van der Waals surface area contributed by atoms with Crippen molar-refractivity contribution in [1.82, 2.24) is 15.6 Å². The molecule has 2 heterocycles. The summed E-state index contributed by atoms with van der Waals surface area (Å²) in [6.45, 7) is -0.222. The van der Waals surface area contributed by atoms with Gasteiger partial charge in [0.15, 0.2) is 0 Å². The Morgan fingerprint density at radius 2 is 1.63 bits per heavy atom. The van der Waals surface area contributed by atoms with E-state index < -0.39 is 46.3 Å². The average molecular weight is 712 g/mol. The number of aliphatic carboxylic acids is 1. The number of amides is 1. The Bertz CT molecular complexity index is 2310. The number of phenols is 1. The number of carboxylic acids is 1. The first-order valence-corrected chi connectivity index (χ1v) is 16.5. The number of phenolic OH excluding ortho intramolecular Hbond substituents is 1. The van der Waals surface area contributed by atoms with Gasteiger partial charge in [-0.1, -0.05) is 54.6 Å². The number of carboxylic acid groups (broad SMARTS) is 1. The Morgan fingerprint density at radius 1 is 0.863 bits per heavy atom. The highest BCUT2D eigenvalue weighted by molar-refractivity contribution is 7.15. The van der Waals surface area contributed by atoms with Gasteiger partial charge in [-0.15, -0.1) is 11.3 Å². The zero-order valence-corrected chi connectivity index (χ0v) is 27.5. The Kier molecular flexibility index (Phi) is 10.1. The maximum Gasteiger partial charge on any atom is 0.345 e. The van der Waals surface area contributed by atoms with Crippen LogP contribution in [0.15, 0.2) is 108 Å². The van der Waals surface area contributed by atoms with Gasteiger partial charge in [-0.2, -0.15) is 0 Å². The maximum absolute atomic E-state index is 15.0. The van der Waals surface area contributed by atoms with Crippen LogP contribution in [-0.4, -0.2) is 43.8 Å². The minimum atomic E-state index is -2.27. The molecule has 2 aromatic heterocycles. The fourth-order valence-electron chi connectivity index (χ4n) is 5.78. The zero-order valence-electron chi connectivity index (χ0n) is 26.7. The number of halogens is 2. The summed E-state index contributed by atoms with van der Waals surface area (Å²) in [5, 5.41) is 47.9. The monoisotopic (exact) mass is 711 g/mol. The van der Waals surface area contributed by atoms with Crippen molar-refractivity contribution in [2.75, 3.05) is 6.54 Å². The molecule has 0 saturated heterocycles. The summed E-state index contributed by atoms with van der Waals surface area (Å²) in [7, 11) is 0. The molecule has 4 aromatic carbocycles. The Hall–Kier alpha value is -5.73. The average Bonchev–Trinajstić information content (AvgIpc) is 3.61. The second kappa shape index (κ2) is 14.6. The molecule has 13 heteroatoms. The third-order valence-electron chi connectivity index (χ3n) is 8.45. The number of carbonyl (C=O) groups is 2. The number of nitrogens with one attached hydrogen (secondary N) is 3. The number of aromatic hydroxyl groups is 1. The van der Waals surface area contributed by atoms with Crippen molar-refractivity contribution in [3.05, 3.63) is 158 Å². The second-order valence-electron chi connectivity index (χ2n) is 11.8. The maximum atomic E-state index is 15.0. The molecule has 0 aliphatic rings. The molecule has 0 aliphatic carbocycles. The van der Waals surface area contributed by atoms with Crippen molar-refractivity contribution in [2.24, 2.45) is 0 Å². The van der Waals surface area contributed by atoms with Gasteiger partial charge < -0.3 is 36.0 Å². The van der Waals surface area contributed by atoms with Crippen LogP contribution < -0.4 is 16.2 Å². The highest BCUT2D eigenvalue weighted by Crippen LogP contribution is 2.35. The predicted octanol–water partition coefficient (Wildman–Crippen LogP) is 5.31. The third-order valence-corrected chi connectivity index (χ3v) is 9.58. The molecule has 0 radical (unpaired) electrons. The fraction of sp³-hybridized carbons (Fsp3) is 0.132. The number of hydrogen-bond acceptors (Lipinski definition) is 8. The molecule has 7 N–H and O–H groups in total. The van der Waals surface area contributed by atoms with Crippen molar-refractivity contribution in [2.45, 2.75) is 24.8 Å². The molecular weight excluding hydrogens is 680 g/mol. The minimum absolute atomic E-state index is 0.00829. The number of aliphatic hydroxyl groups is 2. The van der Waals surface area contributed by atoms with Crippen molar-refractivity contribution in [3.8, 4) is 16.2 Å². The lowest BCUT2D eigenvalue weighted by molar-refractivity contribution is -0.155. The number of H-pyrrole nitrogens is 1. The second-order valence-corrected chi connectivity index (χ2v) is 12.9. The summed E-state index contributed by atoms with van der Waals surface area (Å²) < 4.78 is 30.0. The highest BCUT2D eigenvalue weighted by Gasteiger charge is 2.40. The topological polar surface area (TPSA) is 172 Å². The van der Waals surface area contributed by atoms with Gasteiger partial charge in [-0.25, -0.2) is 13.6 Å². The van der Waals surface area contributed by atoms with Crippen molar-refractivity contribution >= 4 is 34.1 Å². The lowest BCUT2D eigenvalue weighted by Crippen LogP contribution is -2.36. The molecule has 0 unspecified atom stereocenters. The van der Waals surface area contributed by atoms with Crippen LogP contribution in [0.5, 0.6) is 5.75 Å². The zero-order chi connectivity index (χ0) is 36.3. The molecule has 260 valence electrons. The van der Waals surface area contributed by atoms with Crippen LogP contribution in [0.25, 0.3) is 21.3 Å². The van der Waals surface area contributed by atoms with Crippen LogP contribution in [0.4, 0.5) is 8.78 Å². The summed E-state index contributed by atoms with van der Waals surface area (Å²) in [4.78, 5) is 40.7. The molecule has 0 spiro atoms. The summed E-state index contributed by atoms with van der Waals surface area (Å²) in [6, 6.07) is 25.4. The van der Waals surface area contributed by atoms with Crippen molar-refractivity contribution in [1.29, 1.82) is 0 Å². The number of thiophene rings is 1. The van der Waals surface area contributed by atoms with Crippen LogP contribution in [0.2, 0.25) is 0 Å². The predicted molar refractivity (Wildman–Crippen MR) is 187 cm³/mol. The van der Waals surface area contributed by atoms with Gasteiger partial charge in [0.25, 0.3) is 5.91 Å². The number of aromatic amines is 1. The molecule has 0 fully saturated rings. The molecule has 51 heavy (non-hydrogen) atoms. The van der Waals surface area contributed by atoms with E-state index in [2.05, 4.69) is 15.6 Å². The Balaban J connectivity index is 1.08. The Morgan fingerprint density at radius 3 is 2.39 bits per heavy atom. The summed E-state index contributed by atoms with van der Waals surface area (Å²) in [5.74, 6) is -4.18.